The van der Waals surface area contributed by atoms with Gasteiger partial charge in [-0.25, -0.2) is 0 Å². The van der Waals surface area contributed by atoms with E-state index in [2.05, 4.69) is 43.8 Å². The van der Waals surface area contributed by atoms with Crippen LogP contribution in [0.4, 0.5) is 0 Å². The number of nitrogens with one attached hydrogen (secondary N) is 1. The lowest BCUT2D eigenvalue weighted by Gasteiger charge is -2.18. The van der Waals surface area contributed by atoms with E-state index in [-0.39, 0.29) is 5.91 Å². The molecule has 0 bridgehead atoms. The lowest BCUT2D eigenvalue weighted by atomic mass is 10.0. The summed E-state index contributed by atoms with van der Waals surface area (Å²) in [5.74, 6) is 1.48. The Balaban J connectivity index is 1.81. The van der Waals surface area contributed by atoms with Crippen molar-refractivity contribution in [2.45, 2.75) is 0 Å². The van der Waals surface area contributed by atoms with Gasteiger partial charge in [0.25, 0.3) is 5.91 Å². The van der Waals surface area contributed by atoms with Gasteiger partial charge < -0.3 is 10.2 Å². The molecular formula is C13H14BrIN2O. The molecule has 0 saturated carbocycles. The second-order valence-corrected chi connectivity index (χ2v) is 7.09. The van der Waals surface area contributed by atoms with Crippen LogP contribution in [-0.4, -0.2) is 37.0 Å². The van der Waals surface area contributed by atoms with Crippen LogP contribution >= 0.6 is 38.5 Å². The van der Waals surface area contributed by atoms with Gasteiger partial charge in [-0.15, -0.1) is 0 Å². The normalized spacial score (nSPS) is 26.4. The fraction of sp³-hybridized carbons (Fsp3) is 0.462. The average Bonchev–Trinajstić information content (AvgIpc) is 2.91. The molecule has 0 aromatic heterocycles. The van der Waals surface area contributed by atoms with Crippen LogP contribution in [0.1, 0.15) is 10.4 Å². The van der Waals surface area contributed by atoms with Crippen LogP contribution in [0, 0.1) is 15.4 Å². The number of benzene rings is 1. The summed E-state index contributed by atoms with van der Waals surface area (Å²) in [5.41, 5.74) is 0.818. The van der Waals surface area contributed by atoms with Crippen molar-refractivity contribution in [2.75, 3.05) is 26.2 Å². The van der Waals surface area contributed by atoms with Crippen molar-refractivity contribution in [1.29, 1.82) is 0 Å². The number of hydrogen-bond donors (Lipinski definition) is 1. The monoisotopic (exact) mass is 420 g/mol. The Kier molecular flexibility index (Phi) is 3.64. The van der Waals surface area contributed by atoms with E-state index < -0.39 is 0 Å². The van der Waals surface area contributed by atoms with Gasteiger partial charge in [0.1, 0.15) is 0 Å². The molecule has 0 spiro atoms. The molecule has 0 unspecified atom stereocenters. The Morgan fingerprint density at radius 1 is 1.33 bits per heavy atom. The molecule has 1 N–H and O–H groups in total. The highest BCUT2D eigenvalue weighted by atomic mass is 127. The SMILES string of the molecule is O=C(c1cc(Br)ccc1I)N1C[C@H]2CNC[C@H]2C1. The smallest absolute Gasteiger partial charge is 0.254 e. The summed E-state index contributed by atoms with van der Waals surface area (Å²) in [6.45, 7) is 3.92. The molecule has 3 nitrogen and oxygen atoms in total. The number of rotatable bonds is 1. The van der Waals surface area contributed by atoms with Gasteiger partial charge in [-0.05, 0) is 52.6 Å². The van der Waals surface area contributed by atoms with E-state index in [1.54, 1.807) is 0 Å². The molecule has 2 heterocycles. The Labute approximate surface area is 129 Å². The van der Waals surface area contributed by atoms with E-state index in [4.69, 9.17) is 0 Å². The number of amides is 1. The first-order valence-corrected chi connectivity index (χ1v) is 7.97. The molecule has 2 aliphatic rings. The number of carbonyl (C=O) groups is 1. The molecule has 0 radical (unpaired) electrons. The number of halogens is 2. The average molecular weight is 421 g/mol. The van der Waals surface area contributed by atoms with Gasteiger partial charge in [-0.3, -0.25) is 4.79 Å². The Morgan fingerprint density at radius 3 is 2.67 bits per heavy atom. The molecule has 1 amide bonds. The zero-order chi connectivity index (χ0) is 12.7. The Bertz CT molecular complexity index is 482. The van der Waals surface area contributed by atoms with Gasteiger partial charge in [0.15, 0.2) is 0 Å². The van der Waals surface area contributed by atoms with Crippen molar-refractivity contribution >= 4 is 44.4 Å². The summed E-state index contributed by atoms with van der Waals surface area (Å²) in [4.78, 5) is 14.5. The topological polar surface area (TPSA) is 32.3 Å². The zero-order valence-corrected chi connectivity index (χ0v) is 13.6. The predicted molar refractivity (Wildman–Crippen MR) is 82.6 cm³/mol. The number of nitrogens with zero attached hydrogens (tertiary/aromatic N) is 1. The van der Waals surface area contributed by atoms with Gasteiger partial charge in [0.05, 0.1) is 5.56 Å². The molecule has 5 heteroatoms. The van der Waals surface area contributed by atoms with E-state index >= 15 is 0 Å². The molecule has 2 fully saturated rings. The summed E-state index contributed by atoms with van der Waals surface area (Å²) in [6, 6.07) is 5.88. The first-order chi connectivity index (χ1) is 8.65. The fourth-order valence-electron chi connectivity index (χ4n) is 2.85. The van der Waals surface area contributed by atoms with Crippen LogP contribution in [0.3, 0.4) is 0 Å². The summed E-state index contributed by atoms with van der Waals surface area (Å²) in [5, 5.41) is 3.40. The van der Waals surface area contributed by atoms with Crippen LogP contribution < -0.4 is 5.32 Å². The van der Waals surface area contributed by atoms with Crippen molar-refractivity contribution < 1.29 is 4.79 Å². The third-order valence-electron chi connectivity index (χ3n) is 3.84. The summed E-state index contributed by atoms with van der Waals surface area (Å²) in [6.07, 6.45) is 0. The van der Waals surface area contributed by atoms with Crippen molar-refractivity contribution in [3.05, 3.63) is 31.8 Å². The minimum absolute atomic E-state index is 0.176. The van der Waals surface area contributed by atoms with Crippen molar-refractivity contribution in [3.63, 3.8) is 0 Å². The number of hydrogen-bond acceptors (Lipinski definition) is 2. The Morgan fingerprint density at radius 2 is 2.00 bits per heavy atom. The Hall–Kier alpha value is -0.140. The van der Waals surface area contributed by atoms with E-state index in [9.17, 15) is 4.79 Å². The molecule has 18 heavy (non-hydrogen) atoms. The zero-order valence-electron chi connectivity index (χ0n) is 9.83. The molecule has 1 aromatic rings. The highest BCUT2D eigenvalue weighted by Crippen LogP contribution is 2.29. The number of likely N-dealkylation sites (tertiary alicyclic amines) is 1. The van der Waals surface area contributed by atoms with E-state index in [0.29, 0.717) is 11.8 Å². The van der Waals surface area contributed by atoms with Gasteiger partial charge in [-0.2, -0.15) is 0 Å². The standard InChI is InChI=1S/C13H14BrIN2O/c14-10-1-2-12(15)11(3-10)13(18)17-6-8-4-16-5-9(8)7-17/h1-3,8-9,16H,4-7H2/t8-,9+. The van der Waals surface area contributed by atoms with Crippen molar-refractivity contribution in [1.82, 2.24) is 10.2 Å². The molecule has 0 aliphatic carbocycles. The van der Waals surface area contributed by atoms with Crippen molar-refractivity contribution in [3.8, 4) is 0 Å². The van der Waals surface area contributed by atoms with Crippen LogP contribution in [0.2, 0.25) is 0 Å². The number of fused-ring (bicyclic) bond motifs is 1. The molecular weight excluding hydrogens is 407 g/mol. The fourth-order valence-corrected chi connectivity index (χ4v) is 3.78. The highest BCUT2D eigenvalue weighted by molar-refractivity contribution is 14.1. The highest BCUT2D eigenvalue weighted by Gasteiger charge is 2.38. The van der Waals surface area contributed by atoms with Crippen LogP contribution in [0.5, 0.6) is 0 Å². The third kappa shape index (κ3) is 2.32. The maximum atomic E-state index is 12.5. The van der Waals surface area contributed by atoms with E-state index in [0.717, 1.165) is 39.8 Å². The molecule has 2 saturated heterocycles. The van der Waals surface area contributed by atoms with Crippen LogP contribution in [-0.2, 0) is 0 Å². The third-order valence-corrected chi connectivity index (χ3v) is 5.27. The van der Waals surface area contributed by atoms with Gasteiger partial charge in [0.2, 0.25) is 0 Å². The molecule has 96 valence electrons. The maximum Gasteiger partial charge on any atom is 0.254 e. The van der Waals surface area contributed by atoms with Gasteiger partial charge in [-0.1, -0.05) is 15.9 Å². The van der Waals surface area contributed by atoms with Crippen LogP contribution in [0.15, 0.2) is 22.7 Å². The molecule has 2 aliphatic heterocycles. The second-order valence-electron chi connectivity index (χ2n) is 5.01. The quantitative estimate of drug-likeness (QED) is 0.707. The number of carbonyl (C=O) groups excluding carboxylic acids is 1. The van der Waals surface area contributed by atoms with Gasteiger partial charge in [0, 0.05) is 34.2 Å². The maximum absolute atomic E-state index is 12.5. The van der Waals surface area contributed by atoms with E-state index in [1.807, 2.05) is 23.1 Å². The minimum atomic E-state index is 0.176. The second kappa shape index (κ2) is 5.09. The molecule has 3 rings (SSSR count). The largest absolute Gasteiger partial charge is 0.338 e. The summed E-state index contributed by atoms with van der Waals surface area (Å²) >= 11 is 5.67. The lowest BCUT2D eigenvalue weighted by molar-refractivity contribution is 0.0780. The van der Waals surface area contributed by atoms with E-state index in [1.165, 1.54) is 0 Å². The van der Waals surface area contributed by atoms with Crippen molar-refractivity contribution in [2.24, 2.45) is 11.8 Å². The predicted octanol–water partition coefficient (Wildman–Crippen LogP) is 2.35. The summed E-state index contributed by atoms with van der Waals surface area (Å²) in [7, 11) is 0. The molecule has 1 aromatic carbocycles. The first-order valence-electron chi connectivity index (χ1n) is 6.10. The lowest BCUT2D eigenvalue weighted by Crippen LogP contribution is -2.32. The summed E-state index contributed by atoms with van der Waals surface area (Å²) < 4.78 is 1.99. The van der Waals surface area contributed by atoms with Gasteiger partial charge >= 0.3 is 0 Å². The first kappa shape index (κ1) is 12.9. The van der Waals surface area contributed by atoms with Crippen LogP contribution in [0.25, 0.3) is 0 Å². The minimum Gasteiger partial charge on any atom is -0.338 e. The molecule has 2 atom stereocenters.